The SMILES string of the molecule is CCN(C)C(=O)Cn1cnc(Cl)c(Cl)c1=O. The molecule has 16 heavy (non-hydrogen) atoms. The number of carbonyl (C=O) groups excluding carboxylic acids is 1. The first-order valence-corrected chi connectivity index (χ1v) is 5.37. The van der Waals surface area contributed by atoms with Crippen LogP contribution in [0.25, 0.3) is 0 Å². The molecule has 0 bridgehead atoms. The van der Waals surface area contributed by atoms with E-state index in [-0.39, 0.29) is 22.6 Å². The highest BCUT2D eigenvalue weighted by Gasteiger charge is 2.12. The molecule has 1 rings (SSSR count). The van der Waals surface area contributed by atoms with Gasteiger partial charge in [-0.25, -0.2) is 4.98 Å². The fraction of sp³-hybridized carbons (Fsp3) is 0.444. The number of aromatic nitrogens is 2. The van der Waals surface area contributed by atoms with Crippen molar-refractivity contribution in [2.45, 2.75) is 13.5 Å². The Hall–Kier alpha value is -1.07. The average Bonchev–Trinajstić information content (AvgIpc) is 2.28. The summed E-state index contributed by atoms with van der Waals surface area (Å²) in [5.41, 5.74) is -0.514. The van der Waals surface area contributed by atoms with E-state index in [0.717, 1.165) is 4.57 Å². The lowest BCUT2D eigenvalue weighted by Gasteiger charge is -2.15. The molecule has 0 radical (unpaired) electrons. The van der Waals surface area contributed by atoms with Gasteiger partial charge in [0.05, 0.1) is 6.33 Å². The molecule has 0 fully saturated rings. The molecule has 0 aliphatic carbocycles. The van der Waals surface area contributed by atoms with E-state index in [9.17, 15) is 9.59 Å². The van der Waals surface area contributed by atoms with Crippen molar-refractivity contribution in [2.75, 3.05) is 13.6 Å². The number of carbonyl (C=O) groups is 1. The summed E-state index contributed by atoms with van der Waals surface area (Å²) in [6.07, 6.45) is 1.21. The Kier molecular flexibility index (Phi) is 4.32. The van der Waals surface area contributed by atoms with E-state index in [1.165, 1.54) is 11.2 Å². The number of amides is 1. The number of hydrogen-bond acceptors (Lipinski definition) is 3. The molecule has 1 aromatic heterocycles. The third-order valence-electron chi connectivity index (χ3n) is 2.15. The fourth-order valence-corrected chi connectivity index (χ4v) is 1.28. The Morgan fingerprint density at radius 2 is 2.19 bits per heavy atom. The van der Waals surface area contributed by atoms with Crippen molar-refractivity contribution in [3.8, 4) is 0 Å². The van der Waals surface area contributed by atoms with Crippen LogP contribution in [0.3, 0.4) is 0 Å². The van der Waals surface area contributed by atoms with Crippen molar-refractivity contribution < 1.29 is 4.79 Å². The number of likely N-dealkylation sites (N-methyl/N-ethyl adjacent to an activating group) is 1. The quantitative estimate of drug-likeness (QED) is 0.766. The van der Waals surface area contributed by atoms with Crippen LogP contribution in [-0.4, -0.2) is 34.0 Å². The van der Waals surface area contributed by atoms with Crippen molar-refractivity contribution in [3.05, 3.63) is 26.9 Å². The molecular formula is C9H11Cl2N3O2. The number of rotatable bonds is 3. The van der Waals surface area contributed by atoms with E-state index in [1.54, 1.807) is 7.05 Å². The topological polar surface area (TPSA) is 55.2 Å². The lowest BCUT2D eigenvalue weighted by Crippen LogP contribution is -2.34. The van der Waals surface area contributed by atoms with Crippen LogP contribution in [0, 0.1) is 0 Å². The lowest BCUT2D eigenvalue weighted by atomic mass is 10.5. The number of hydrogen-bond donors (Lipinski definition) is 0. The Bertz CT molecular complexity index is 459. The molecule has 0 atom stereocenters. The fourth-order valence-electron chi connectivity index (χ4n) is 0.999. The van der Waals surface area contributed by atoms with Crippen molar-refractivity contribution in [1.82, 2.24) is 14.5 Å². The molecule has 7 heteroatoms. The number of halogens is 2. The molecule has 1 amide bonds. The largest absolute Gasteiger partial charge is 0.344 e. The van der Waals surface area contributed by atoms with Gasteiger partial charge >= 0.3 is 0 Å². The first-order chi connectivity index (χ1) is 7.47. The van der Waals surface area contributed by atoms with E-state index in [2.05, 4.69) is 4.98 Å². The van der Waals surface area contributed by atoms with Crippen molar-refractivity contribution in [2.24, 2.45) is 0 Å². The smallest absolute Gasteiger partial charge is 0.274 e. The zero-order chi connectivity index (χ0) is 12.3. The van der Waals surface area contributed by atoms with Gasteiger partial charge in [-0.15, -0.1) is 0 Å². The lowest BCUT2D eigenvalue weighted by molar-refractivity contribution is -0.130. The summed E-state index contributed by atoms with van der Waals surface area (Å²) in [4.78, 5) is 28.3. The van der Waals surface area contributed by atoms with Crippen LogP contribution < -0.4 is 5.56 Å². The van der Waals surface area contributed by atoms with E-state index < -0.39 is 5.56 Å². The summed E-state index contributed by atoms with van der Waals surface area (Å²) in [6.45, 7) is 2.32. The van der Waals surface area contributed by atoms with Gasteiger partial charge in [-0.3, -0.25) is 14.2 Å². The zero-order valence-corrected chi connectivity index (χ0v) is 10.4. The number of nitrogens with zero attached hydrogens (tertiary/aromatic N) is 3. The van der Waals surface area contributed by atoms with Crippen LogP contribution in [0.15, 0.2) is 11.1 Å². The first-order valence-electron chi connectivity index (χ1n) is 4.61. The highest BCUT2D eigenvalue weighted by Crippen LogP contribution is 2.12. The summed E-state index contributed by atoms with van der Waals surface area (Å²) >= 11 is 11.2. The van der Waals surface area contributed by atoms with Gasteiger partial charge in [-0.05, 0) is 6.92 Å². The normalized spacial score (nSPS) is 10.2. The van der Waals surface area contributed by atoms with Crippen molar-refractivity contribution >= 4 is 29.1 Å². The highest BCUT2D eigenvalue weighted by atomic mass is 35.5. The van der Waals surface area contributed by atoms with E-state index in [0.29, 0.717) is 6.54 Å². The molecule has 0 aromatic carbocycles. The molecular weight excluding hydrogens is 253 g/mol. The molecule has 0 N–H and O–H groups in total. The third kappa shape index (κ3) is 2.74. The summed E-state index contributed by atoms with van der Waals surface area (Å²) in [7, 11) is 1.65. The average molecular weight is 264 g/mol. The molecule has 0 saturated heterocycles. The van der Waals surface area contributed by atoms with Gasteiger partial charge in [0.25, 0.3) is 5.56 Å². The summed E-state index contributed by atoms with van der Waals surface area (Å²) in [5.74, 6) is -0.190. The van der Waals surface area contributed by atoms with Crippen LogP contribution in [0.5, 0.6) is 0 Å². The summed E-state index contributed by atoms with van der Waals surface area (Å²) in [5, 5.41) is -0.227. The second-order valence-corrected chi connectivity index (χ2v) is 3.93. The first kappa shape index (κ1) is 13.0. The Labute approximate surface area is 103 Å². The van der Waals surface area contributed by atoms with Crippen molar-refractivity contribution in [1.29, 1.82) is 0 Å². The maximum absolute atomic E-state index is 11.6. The van der Waals surface area contributed by atoms with Crippen LogP contribution in [0.4, 0.5) is 0 Å². The third-order valence-corrected chi connectivity index (χ3v) is 2.87. The van der Waals surface area contributed by atoms with Gasteiger partial charge in [0, 0.05) is 13.6 Å². The standard InChI is InChI=1S/C9H11Cl2N3O2/c1-3-13(2)6(15)4-14-5-12-8(11)7(10)9(14)16/h5H,3-4H2,1-2H3. The second kappa shape index (κ2) is 5.32. The zero-order valence-electron chi connectivity index (χ0n) is 8.91. The Morgan fingerprint density at radius 3 is 2.75 bits per heavy atom. The van der Waals surface area contributed by atoms with Crippen LogP contribution >= 0.6 is 23.2 Å². The Morgan fingerprint density at radius 1 is 1.56 bits per heavy atom. The highest BCUT2D eigenvalue weighted by molar-refractivity contribution is 6.40. The molecule has 5 nitrogen and oxygen atoms in total. The van der Waals surface area contributed by atoms with E-state index in [4.69, 9.17) is 23.2 Å². The second-order valence-electron chi connectivity index (χ2n) is 3.19. The van der Waals surface area contributed by atoms with Gasteiger partial charge in [0.1, 0.15) is 11.6 Å². The van der Waals surface area contributed by atoms with Crippen LogP contribution in [-0.2, 0) is 11.3 Å². The van der Waals surface area contributed by atoms with Gasteiger partial charge in [-0.2, -0.15) is 0 Å². The minimum absolute atomic E-state index is 0.0563. The van der Waals surface area contributed by atoms with Gasteiger partial charge in [0.2, 0.25) is 5.91 Å². The van der Waals surface area contributed by atoms with Crippen LogP contribution in [0.2, 0.25) is 10.2 Å². The van der Waals surface area contributed by atoms with Crippen molar-refractivity contribution in [3.63, 3.8) is 0 Å². The molecule has 88 valence electrons. The summed E-state index contributed by atoms with van der Waals surface area (Å²) in [6, 6.07) is 0. The van der Waals surface area contributed by atoms with Gasteiger partial charge in [-0.1, -0.05) is 23.2 Å². The van der Waals surface area contributed by atoms with E-state index >= 15 is 0 Å². The van der Waals surface area contributed by atoms with Gasteiger partial charge in [0.15, 0.2) is 5.15 Å². The molecule has 0 aliphatic rings. The summed E-state index contributed by atoms with van der Waals surface area (Å²) < 4.78 is 1.13. The van der Waals surface area contributed by atoms with Crippen LogP contribution in [0.1, 0.15) is 6.92 Å². The van der Waals surface area contributed by atoms with E-state index in [1.807, 2.05) is 6.92 Å². The predicted octanol–water partition coefficient (Wildman–Crippen LogP) is 1.03. The molecule has 0 unspecified atom stereocenters. The maximum Gasteiger partial charge on any atom is 0.274 e. The molecule has 0 aliphatic heterocycles. The molecule has 1 aromatic rings. The monoisotopic (exact) mass is 263 g/mol. The minimum atomic E-state index is -0.514. The molecule has 1 heterocycles. The maximum atomic E-state index is 11.6. The Balaban J connectivity index is 2.95. The molecule has 0 spiro atoms. The van der Waals surface area contributed by atoms with Gasteiger partial charge < -0.3 is 4.90 Å². The predicted molar refractivity (Wildman–Crippen MR) is 61.8 cm³/mol. The minimum Gasteiger partial charge on any atom is -0.344 e. The molecule has 0 saturated carbocycles.